The minimum Gasteiger partial charge on any atom is -0.490 e. The number of nitrogens with zero attached hydrogens (tertiary/aromatic N) is 1. The van der Waals surface area contributed by atoms with Gasteiger partial charge < -0.3 is 14.2 Å². The van der Waals surface area contributed by atoms with Crippen molar-refractivity contribution < 1.29 is 28.6 Å². The molecule has 10 heteroatoms. The van der Waals surface area contributed by atoms with Crippen molar-refractivity contribution in [1.82, 2.24) is 5.32 Å². The van der Waals surface area contributed by atoms with Gasteiger partial charge in [0.05, 0.1) is 16.8 Å². The Kier molecular flexibility index (Phi) is 9.67. The number of amides is 4. The molecular formula is C34H28BrClN2O6. The van der Waals surface area contributed by atoms with Crippen LogP contribution in [0.1, 0.15) is 29.2 Å². The highest BCUT2D eigenvalue weighted by atomic mass is 79.9. The van der Waals surface area contributed by atoms with E-state index in [1.54, 1.807) is 48.5 Å². The van der Waals surface area contributed by atoms with Gasteiger partial charge in [-0.3, -0.25) is 14.9 Å². The lowest BCUT2D eigenvalue weighted by Gasteiger charge is -2.26. The van der Waals surface area contributed by atoms with Crippen molar-refractivity contribution in [3.05, 3.63) is 122 Å². The van der Waals surface area contributed by atoms with E-state index in [1.807, 2.05) is 50.2 Å². The molecule has 4 aromatic carbocycles. The SMILES string of the molecule is CCOc1cc(/C=C2\C(=O)NC(=O)N(c3ccc(OCc4ccc(Cl)cc4)cc3)C2=O)cc(Br)c1OCc1ccc(C)cc1. The van der Waals surface area contributed by atoms with Crippen molar-refractivity contribution in [2.75, 3.05) is 11.5 Å². The van der Waals surface area contributed by atoms with Crippen LogP contribution in [0.3, 0.4) is 0 Å². The van der Waals surface area contributed by atoms with Crippen LogP contribution < -0.4 is 24.4 Å². The Hall–Kier alpha value is -4.60. The number of ether oxygens (including phenoxy) is 3. The Morgan fingerprint density at radius 2 is 1.48 bits per heavy atom. The monoisotopic (exact) mass is 674 g/mol. The van der Waals surface area contributed by atoms with Gasteiger partial charge >= 0.3 is 6.03 Å². The van der Waals surface area contributed by atoms with Crippen LogP contribution in [0.25, 0.3) is 6.08 Å². The molecule has 1 heterocycles. The summed E-state index contributed by atoms with van der Waals surface area (Å²) >= 11 is 9.47. The number of hydrogen-bond acceptors (Lipinski definition) is 6. The van der Waals surface area contributed by atoms with Gasteiger partial charge in [-0.15, -0.1) is 0 Å². The molecule has 224 valence electrons. The summed E-state index contributed by atoms with van der Waals surface area (Å²) in [6.45, 7) is 4.87. The molecule has 4 amide bonds. The summed E-state index contributed by atoms with van der Waals surface area (Å²) in [6.07, 6.45) is 1.41. The zero-order valence-corrected chi connectivity index (χ0v) is 26.3. The molecule has 0 aliphatic carbocycles. The summed E-state index contributed by atoms with van der Waals surface area (Å²) in [4.78, 5) is 39.9. The number of carbonyl (C=O) groups excluding carboxylic acids is 3. The molecule has 4 aromatic rings. The number of urea groups is 1. The maximum atomic E-state index is 13.5. The molecule has 0 saturated carbocycles. The largest absolute Gasteiger partial charge is 0.490 e. The standard InChI is InChI=1S/C34H28BrClN2O6/c1-3-42-30-18-24(17-29(35)31(30)44-20-22-6-4-21(2)5-7-22)16-28-32(39)37-34(41)38(33(28)40)26-12-14-27(15-13-26)43-19-23-8-10-25(36)11-9-23/h4-18H,3,19-20H2,1-2H3,(H,37,39,41)/b28-16+. The van der Waals surface area contributed by atoms with Crippen LogP contribution in [-0.4, -0.2) is 24.5 Å². The highest BCUT2D eigenvalue weighted by Gasteiger charge is 2.37. The Bertz CT molecular complexity index is 1720. The summed E-state index contributed by atoms with van der Waals surface area (Å²) in [6, 6.07) is 24.3. The fraction of sp³-hybridized carbons (Fsp3) is 0.147. The van der Waals surface area contributed by atoms with Crippen LogP contribution in [0, 0.1) is 6.92 Å². The summed E-state index contributed by atoms with van der Waals surface area (Å²) in [5, 5.41) is 2.89. The number of rotatable bonds is 10. The van der Waals surface area contributed by atoms with E-state index in [-0.39, 0.29) is 11.3 Å². The number of barbiturate groups is 1. The van der Waals surface area contributed by atoms with Crippen molar-refractivity contribution in [3.63, 3.8) is 0 Å². The summed E-state index contributed by atoms with van der Waals surface area (Å²) < 4.78 is 18.3. The number of aryl methyl sites for hydroxylation is 1. The van der Waals surface area contributed by atoms with E-state index in [9.17, 15) is 14.4 Å². The number of imide groups is 2. The number of hydrogen-bond donors (Lipinski definition) is 1. The molecule has 0 aromatic heterocycles. The van der Waals surface area contributed by atoms with Crippen molar-refractivity contribution >= 4 is 57.1 Å². The van der Waals surface area contributed by atoms with Crippen molar-refractivity contribution in [2.45, 2.75) is 27.1 Å². The van der Waals surface area contributed by atoms with Crippen LogP contribution in [-0.2, 0) is 22.8 Å². The molecule has 1 N–H and O–H groups in total. The topological polar surface area (TPSA) is 94.2 Å². The number of benzene rings is 4. The van der Waals surface area contributed by atoms with Gasteiger partial charge in [0.1, 0.15) is 24.5 Å². The van der Waals surface area contributed by atoms with Gasteiger partial charge in [0.25, 0.3) is 11.8 Å². The highest BCUT2D eigenvalue weighted by Crippen LogP contribution is 2.38. The Labute approximate surface area is 268 Å². The molecule has 44 heavy (non-hydrogen) atoms. The lowest BCUT2D eigenvalue weighted by atomic mass is 10.1. The van der Waals surface area contributed by atoms with Crippen molar-refractivity contribution in [1.29, 1.82) is 0 Å². The number of carbonyl (C=O) groups is 3. The Morgan fingerprint density at radius 1 is 0.841 bits per heavy atom. The molecule has 0 unspecified atom stereocenters. The first-order chi connectivity index (χ1) is 21.2. The van der Waals surface area contributed by atoms with Crippen LogP contribution >= 0.6 is 27.5 Å². The van der Waals surface area contributed by atoms with Gasteiger partial charge in [-0.2, -0.15) is 0 Å². The van der Waals surface area contributed by atoms with Crippen molar-refractivity contribution in [2.24, 2.45) is 0 Å². The van der Waals surface area contributed by atoms with E-state index in [1.165, 1.54) is 6.08 Å². The first kappa shape index (κ1) is 30.8. The quantitative estimate of drug-likeness (QED) is 0.137. The first-order valence-electron chi connectivity index (χ1n) is 13.7. The maximum absolute atomic E-state index is 13.5. The van der Waals surface area contributed by atoms with E-state index in [2.05, 4.69) is 21.2 Å². The van der Waals surface area contributed by atoms with Gasteiger partial charge in [0.15, 0.2) is 11.5 Å². The third kappa shape index (κ3) is 7.30. The van der Waals surface area contributed by atoms with E-state index in [0.717, 1.165) is 21.6 Å². The average molecular weight is 676 g/mol. The molecule has 5 rings (SSSR count). The maximum Gasteiger partial charge on any atom is 0.335 e. The van der Waals surface area contributed by atoms with Crippen molar-refractivity contribution in [3.8, 4) is 17.2 Å². The summed E-state index contributed by atoms with van der Waals surface area (Å²) in [7, 11) is 0. The van der Waals surface area contributed by atoms with Gasteiger partial charge in [-0.25, -0.2) is 9.69 Å². The molecule has 0 atom stereocenters. The normalized spacial score (nSPS) is 14.0. The first-order valence-corrected chi connectivity index (χ1v) is 14.9. The number of anilines is 1. The molecule has 1 aliphatic rings. The van der Waals surface area contributed by atoms with Crippen LogP contribution in [0.4, 0.5) is 10.5 Å². The third-order valence-corrected chi connectivity index (χ3v) is 7.50. The third-order valence-electron chi connectivity index (χ3n) is 6.66. The minimum atomic E-state index is -0.844. The molecule has 8 nitrogen and oxygen atoms in total. The second kappa shape index (κ2) is 13.8. The minimum absolute atomic E-state index is 0.213. The van der Waals surface area contributed by atoms with Gasteiger partial charge in [-0.1, -0.05) is 53.6 Å². The van der Waals surface area contributed by atoms with Gasteiger partial charge in [0.2, 0.25) is 0 Å². The number of halogens is 2. The van der Waals surface area contributed by atoms with Gasteiger partial charge in [0, 0.05) is 5.02 Å². The Balaban J connectivity index is 1.35. The van der Waals surface area contributed by atoms with E-state index >= 15 is 0 Å². The van der Waals surface area contributed by atoms with Crippen LogP contribution in [0.5, 0.6) is 17.2 Å². The summed E-state index contributed by atoms with van der Waals surface area (Å²) in [5.74, 6) is -0.0930. The lowest BCUT2D eigenvalue weighted by Crippen LogP contribution is -2.54. The molecule has 0 spiro atoms. The second-order valence-corrected chi connectivity index (χ2v) is 11.2. The molecule has 0 radical (unpaired) electrons. The molecular weight excluding hydrogens is 648 g/mol. The Morgan fingerprint density at radius 3 is 2.14 bits per heavy atom. The predicted octanol–water partition coefficient (Wildman–Crippen LogP) is 7.63. The number of nitrogens with one attached hydrogen (secondary N) is 1. The van der Waals surface area contributed by atoms with Crippen LogP contribution in [0.2, 0.25) is 5.02 Å². The van der Waals surface area contributed by atoms with E-state index < -0.39 is 17.8 Å². The fourth-order valence-electron chi connectivity index (χ4n) is 4.41. The van der Waals surface area contributed by atoms with Gasteiger partial charge in [-0.05, 0) is 101 Å². The highest BCUT2D eigenvalue weighted by molar-refractivity contribution is 9.10. The summed E-state index contributed by atoms with van der Waals surface area (Å²) in [5.41, 5.74) is 3.65. The average Bonchev–Trinajstić information content (AvgIpc) is 3.00. The fourth-order valence-corrected chi connectivity index (χ4v) is 5.11. The molecule has 1 aliphatic heterocycles. The zero-order valence-electron chi connectivity index (χ0n) is 23.9. The lowest BCUT2D eigenvalue weighted by molar-refractivity contribution is -0.122. The second-order valence-electron chi connectivity index (χ2n) is 9.90. The molecule has 1 saturated heterocycles. The zero-order chi connectivity index (χ0) is 31.2. The molecule has 0 bridgehead atoms. The van der Waals surface area contributed by atoms with E-state index in [4.69, 9.17) is 25.8 Å². The van der Waals surface area contributed by atoms with Crippen LogP contribution in [0.15, 0.2) is 95.0 Å². The van der Waals surface area contributed by atoms with E-state index in [0.29, 0.717) is 52.1 Å². The smallest absolute Gasteiger partial charge is 0.335 e. The predicted molar refractivity (Wildman–Crippen MR) is 172 cm³/mol. The molecule has 1 fully saturated rings.